The van der Waals surface area contributed by atoms with Crippen molar-refractivity contribution in [3.05, 3.63) is 78.4 Å². The van der Waals surface area contributed by atoms with Gasteiger partial charge < -0.3 is 10.1 Å². The first-order chi connectivity index (χ1) is 10.8. The zero-order valence-electron chi connectivity index (χ0n) is 12.8. The number of para-hydroxylation sites is 1. The number of methoxy groups -OCH3 is 1. The summed E-state index contributed by atoms with van der Waals surface area (Å²) in [5.41, 5.74) is 1.75. The van der Waals surface area contributed by atoms with Crippen molar-refractivity contribution in [3.63, 3.8) is 0 Å². The van der Waals surface area contributed by atoms with E-state index in [-0.39, 0.29) is 11.8 Å². The molecule has 0 spiro atoms. The van der Waals surface area contributed by atoms with Crippen LogP contribution in [0.15, 0.2) is 67.3 Å². The highest BCUT2D eigenvalue weighted by Gasteiger charge is 2.14. The Morgan fingerprint density at radius 3 is 2.55 bits per heavy atom. The molecule has 0 heterocycles. The predicted octanol–water partition coefficient (Wildman–Crippen LogP) is 3.78. The van der Waals surface area contributed by atoms with Crippen LogP contribution >= 0.6 is 0 Å². The van der Waals surface area contributed by atoms with E-state index >= 15 is 0 Å². The summed E-state index contributed by atoms with van der Waals surface area (Å²) in [7, 11) is 1.57. The Morgan fingerprint density at radius 1 is 1.18 bits per heavy atom. The van der Waals surface area contributed by atoms with E-state index in [0.29, 0.717) is 17.9 Å². The summed E-state index contributed by atoms with van der Waals surface area (Å²) in [6.45, 7) is 4.37. The number of hydrogen-bond donors (Lipinski definition) is 1. The maximum atomic E-state index is 12.3. The molecule has 0 fully saturated rings. The van der Waals surface area contributed by atoms with Gasteiger partial charge in [0.2, 0.25) is 0 Å². The lowest BCUT2D eigenvalue weighted by Crippen LogP contribution is -2.28. The number of amides is 1. The second-order valence-corrected chi connectivity index (χ2v) is 5.04. The van der Waals surface area contributed by atoms with Crippen molar-refractivity contribution in [1.82, 2.24) is 5.32 Å². The van der Waals surface area contributed by atoms with Gasteiger partial charge in [-0.1, -0.05) is 48.5 Å². The SMILES string of the molecule is C=CC[C@H](CNC(=O)c1ccccc1OC)c1ccccc1. The average Bonchev–Trinajstić information content (AvgIpc) is 2.59. The molecule has 0 aromatic heterocycles. The van der Waals surface area contributed by atoms with Crippen molar-refractivity contribution in [1.29, 1.82) is 0 Å². The van der Waals surface area contributed by atoms with Gasteiger partial charge in [-0.3, -0.25) is 4.79 Å². The number of allylic oxidation sites excluding steroid dienone is 1. The van der Waals surface area contributed by atoms with Gasteiger partial charge in [-0.05, 0) is 24.1 Å². The normalized spacial score (nSPS) is 11.5. The zero-order valence-corrected chi connectivity index (χ0v) is 12.8. The number of rotatable bonds is 7. The minimum Gasteiger partial charge on any atom is -0.496 e. The Kier molecular flexibility index (Phi) is 5.78. The van der Waals surface area contributed by atoms with Crippen LogP contribution < -0.4 is 10.1 Å². The molecule has 0 aliphatic carbocycles. The van der Waals surface area contributed by atoms with E-state index in [0.717, 1.165) is 6.42 Å². The van der Waals surface area contributed by atoms with Gasteiger partial charge in [0.15, 0.2) is 0 Å². The molecule has 3 heteroatoms. The maximum absolute atomic E-state index is 12.3. The number of ether oxygens (including phenoxy) is 1. The van der Waals surface area contributed by atoms with E-state index < -0.39 is 0 Å². The molecule has 1 N–H and O–H groups in total. The minimum atomic E-state index is -0.123. The highest BCUT2D eigenvalue weighted by atomic mass is 16.5. The summed E-state index contributed by atoms with van der Waals surface area (Å²) in [6.07, 6.45) is 2.70. The summed E-state index contributed by atoms with van der Waals surface area (Å²) < 4.78 is 5.23. The van der Waals surface area contributed by atoms with Crippen LogP contribution in [0.5, 0.6) is 5.75 Å². The quantitative estimate of drug-likeness (QED) is 0.789. The topological polar surface area (TPSA) is 38.3 Å². The van der Waals surface area contributed by atoms with Crippen LogP contribution in [0.4, 0.5) is 0 Å². The van der Waals surface area contributed by atoms with Crippen LogP contribution in [0.3, 0.4) is 0 Å². The van der Waals surface area contributed by atoms with Gasteiger partial charge in [0, 0.05) is 12.5 Å². The van der Waals surface area contributed by atoms with Crippen LogP contribution in [-0.2, 0) is 0 Å². The van der Waals surface area contributed by atoms with Crippen LogP contribution in [-0.4, -0.2) is 19.6 Å². The highest BCUT2D eigenvalue weighted by molar-refractivity contribution is 5.96. The van der Waals surface area contributed by atoms with Gasteiger partial charge in [0.1, 0.15) is 5.75 Å². The van der Waals surface area contributed by atoms with Crippen molar-refractivity contribution in [2.75, 3.05) is 13.7 Å². The van der Waals surface area contributed by atoms with Crippen molar-refractivity contribution in [2.45, 2.75) is 12.3 Å². The number of nitrogens with one attached hydrogen (secondary N) is 1. The lowest BCUT2D eigenvalue weighted by molar-refractivity contribution is 0.0948. The molecule has 0 saturated heterocycles. The standard InChI is InChI=1S/C19H21NO2/c1-3-9-16(15-10-5-4-6-11-15)14-20-19(21)17-12-7-8-13-18(17)22-2/h3-8,10-13,16H,1,9,14H2,2H3,(H,20,21)/t16-/m1/s1. The minimum absolute atomic E-state index is 0.123. The summed E-state index contributed by atoms with van der Waals surface area (Å²) >= 11 is 0. The summed E-state index contributed by atoms with van der Waals surface area (Å²) in [6, 6.07) is 17.4. The molecule has 1 amide bonds. The lowest BCUT2D eigenvalue weighted by Gasteiger charge is -2.17. The third-order valence-electron chi connectivity index (χ3n) is 3.58. The van der Waals surface area contributed by atoms with Gasteiger partial charge >= 0.3 is 0 Å². The Hall–Kier alpha value is -2.55. The number of carbonyl (C=O) groups excluding carboxylic acids is 1. The van der Waals surface area contributed by atoms with Gasteiger partial charge in [-0.25, -0.2) is 0 Å². The predicted molar refractivity (Wildman–Crippen MR) is 89.3 cm³/mol. The van der Waals surface area contributed by atoms with Gasteiger partial charge in [-0.15, -0.1) is 6.58 Å². The van der Waals surface area contributed by atoms with Crippen molar-refractivity contribution in [2.24, 2.45) is 0 Å². The third kappa shape index (κ3) is 3.98. The van der Waals surface area contributed by atoms with Gasteiger partial charge in [0.25, 0.3) is 5.91 Å². The van der Waals surface area contributed by atoms with Crippen LogP contribution in [0.1, 0.15) is 28.3 Å². The Labute approximate surface area is 131 Å². The molecule has 0 bridgehead atoms. The molecule has 0 aliphatic rings. The van der Waals surface area contributed by atoms with Gasteiger partial charge in [0.05, 0.1) is 12.7 Å². The first-order valence-corrected chi connectivity index (χ1v) is 7.33. The summed E-state index contributed by atoms with van der Waals surface area (Å²) in [5, 5.41) is 2.99. The van der Waals surface area contributed by atoms with Gasteiger partial charge in [-0.2, -0.15) is 0 Å². The van der Waals surface area contributed by atoms with Crippen molar-refractivity contribution in [3.8, 4) is 5.75 Å². The molecule has 114 valence electrons. The zero-order chi connectivity index (χ0) is 15.8. The fraction of sp³-hybridized carbons (Fsp3) is 0.211. The Bertz CT molecular complexity index is 622. The Morgan fingerprint density at radius 2 is 1.86 bits per heavy atom. The fourth-order valence-electron chi connectivity index (χ4n) is 2.41. The van der Waals surface area contributed by atoms with E-state index in [1.165, 1.54) is 5.56 Å². The molecule has 2 rings (SSSR count). The largest absolute Gasteiger partial charge is 0.496 e. The van der Waals surface area contributed by atoms with Crippen LogP contribution in [0.25, 0.3) is 0 Å². The third-order valence-corrected chi connectivity index (χ3v) is 3.58. The van der Waals surface area contributed by atoms with Crippen molar-refractivity contribution < 1.29 is 9.53 Å². The van der Waals surface area contributed by atoms with E-state index in [4.69, 9.17) is 4.74 Å². The summed E-state index contributed by atoms with van der Waals surface area (Å²) in [5.74, 6) is 0.680. The average molecular weight is 295 g/mol. The molecular formula is C19H21NO2. The molecule has 0 aliphatic heterocycles. The molecule has 2 aromatic carbocycles. The smallest absolute Gasteiger partial charge is 0.255 e. The Balaban J connectivity index is 2.06. The molecule has 22 heavy (non-hydrogen) atoms. The van der Waals surface area contributed by atoms with E-state index in [9.17, 15) is 4.79 Å². The highest BCUT2D eigenvalue weighted by Crippen LogP contribution is 2.20. The molecule has 3 nitrogen and oxygen atoms in total. The first-order valence-electron chi connectivity index (χ1n) is 7.33. The van der Waals surface area contributed by atoms with Crippen molar-refractivity contribution >= 4 is 5.91 Å². The molecular weight excluding hydrogens is 274 g/mol. The second kappa shape index (κ2) is 8.03. The summed E-state index contributed by atoms with van der Waals surface area (Å²) in [4.78, 5) is 12.3. The number of hydrogen-bond acceptors (Lipinski definition) is 2. The van der Waals surface area contributed by atoms with E-state index in [1.54, 1.807) is 19.2 Å². The number of carbonyl (C=O) groups is 1. The van der Waals surface area contributed by atoms with E-state index in [2.05, 4.69) is 24.0 Å². The molecule has 0 unspecified atom stereocenters. The van der Waals surface area contributed by atoms with E-state index in [1.807, 2.05) is 36.4 Å². The molecule has 2 aromatic rings. The lowest BCUT2D eigenvalue weighted by atomic mass is 9.95. The fourth-order valence-corrected chi connectivity index (χ4v) is 2.41. The monoisotopic (exact) mass is 295 g/mol. The number of benzene rings is 2. The first kappa shape index (κ1) is 15.8. The maximum Gasteiger partial charge on any atom is 0.255 e. The molecule has 0 saturated carbocycles. The molecule has 0 radical (unpaired) electrons. The second-order valence-electron chi connectivity index (χ2n) is 5.04. The van der Waals surface area contributed by atoms with Crippen LogP contribution in [0.2, 0.25) is 0 Å². The molecule has 1 atom stereocenters. The van der Waals surface area contributed by atoms with Crippen LogP contribution in [0, 0.1) is 0 Å².